The monoisotopic (exact) mass is 320 g/mol. The molecule has 1 aromatic rings. The number of hydrogen-bond donors (Lipinski definition) is 2. The highest BCUT2D eigenvalue weighted by atomic mass is 32.1. The first kappa shape index (κ1) is 15.1. The number of carbonyl (C=O) groups is 1. The van der Waals surface area contributed by atoms with Gasteiger partial charge >= 0.3 is 0 Å². The van der Waals surface area contributed by atoms with E-state index in [0.29, 0.717) is 35.7 Å². The Morgan fingerprint density at radius 1 is 1.50 bits per heavy atom. The van der Waals surface area contributed by atoms with Crippen molar-refractivity contribution in [3.63, 3.8) is 0 Å². The lowest BCUT2D eigenvalue weighted by Gasteiger charge is -2.34. The number of hydrogen-bond acceptors (Lipinski definition) is 7. The van der Waals surface area contributed by atoms with Crippen molar-refractivity contribution in [2.75, 3.05) is 18.5 Å². The van der Waals surface area contributed by atoms with Gasteiger partial charge in [0.2, 0.25) is 5.91 Å². The molecule has 0 atom stereocenters. The summed E-state index contributed by atoms with van der Waals surface area (Å²) in [6, 6.07) is 0. The number of carbonyl (C=O) groups excluding carboxylic acids is 1. The van der Waals surface area contributed by atoms with Crippen LogP contribution in [0.4, 0.5) is 5.13 Å². The molecule has 3 heterocycles. The third kappa shape index (κ3) is 3.16. The summed E-state index contributed by atoms with van der Waals surface area (Å²) in [6.45, 7) is 0.534. The molecule has 0 aromatic carbocycles. The molecule has 0 aliphatic carbocycles. The minimum absolute atomic E-state index is 0.143. The van der Waals surface area contributed by atoms with Gasteiger partial charge < -0.3 is 15.2 Å². The molecule has 0 radical (unpaired) electrons. The lowest BCUT2D eigenvalue weighted by atomic mass is 10.0. The maximum Gasteiger partial charge on any atom is 0.226 e. The number of anilines is 1. The predicted octanol–water partition coefficient (Wildman–Crippen LogP) is 1.66. The van der Waals surface area contributed by atoms with Crippen LogP contribution in [0, 0.1) is 12.3 Å². The molecule has 116 valence electrons. The molecule has 0 spiro atoms. The Balaban J connectivity index is 1.47. The number of terminal acetylenes is 1. The van der Waals surface area contributed by atoms with Gasteiger partial charge in [0.05, 0.1) is 18.1 Å². The first-order valence-electron chi connectivity index (χ1n) is 6.99. The van der Waals surface area contributed by atoms with E-state index in [1.54, 1.807) is 6.20 Å². The fourth-order valence-electron chi connectivity index (χ4n) is 2.15. The second kappa shape index (κ2) is 5.76. The van der Waals surface area contributed by atoms with E-state index in [2.05, 4.69) is 26.4 Å². The van der Waals surface area contributed by atoms with Gasteiger partial charge in [-0.15, -0.1) is 12.3 Å². The first-order valence-corrected chi connectivity index (χ1v) is 7.81. The third-order valence-electron chi connectivity index (χ3n) is 3.70. The molecule has 22 heavy (non-hydrogen) atoms. The number of nitrogens with zero attached hydrogens (tertiary/aromatic N) is 3. The number of amides is 1. The number of aliphatic hydroxyl groups is 1. The Hall–Kier alpha value is -1.82. The van der Waals surface area contributed by atoms with Crippen LogP contribution in [-0.4, -0.2) is 34.9 Å². The zero-order valence-electron chi connectivity index (χ0n) is 11.9. The van der Waals surface area contributed by atoms with Gasteiger partial charge in [-0.25, -0.2) is 4.98 Å². The van der Waals surface area contributed by atoms with E-state index >= 15 is 0 Å². The quantitative estimate of drug-likeness (QED) is 0.747. The van der Waals surface area contributed by atoms with Crippen molar-refractivity contribution in [3.8, 4) is 12.3 Å². The average molecular weight is 320 g/mol. The summed E-state index contributed by atoms with van der Waals surface area (Å²) >= 11 is 1.26. The van der Waals surface area contributed by atoms with E-state index in [1.807, 2.05) is 0 Å². The Labute approximate surface area is 131 Å². The smallest absolute Gasteiger partial charge is 0.226 e. The molecule has 7 nitrogen and oxygen atoms in total. The normalized spacial score (nSPS) is 20.0. The molecular formula is C14H16N4O3S. The molecule has 1 saturated heterocycles. The number of nitrogens with one attached hydrogen (secondary N) is 1. The van der Waals surface area contributed by atoms with Crippen molar-refractivity contribution in [2.24, 2.45) is 10.2 Å². The standard InChI is InChI=1S/C14H16N4O3S/c1-2-3-5-14(17-18-14)6-4-11(19)16-12-15-7-10(22-12)13(20)8-21-9-13/h1,7,20H,3-6,8-9H2,(H,15,16,19). The zero-order chi connectivity index (χ0) is 15.6. The highest BCUT2D eigenvalue weighted by molar-refractivity contribution is 7.15. The largest absolute Gasteiger partial charge is 0.379 e. The average Bonchev–Trinajstić information content (AvgIpc) is 3.10. The van der Waals surface area contributed by atoms with Crippen LogP contribution in [0.2, 0.25) is 0 Å². The number of thiazole rings is 1. The van der Waals surface area contributed by atoms with Gasteiger partial charge in [0.1, 0.15) is 5.60 Å². The molecule has 3 rings (SSSR count). The molecule has 0 unspecified atom stereocenters. The summed E-state index contributed by atoms with van der Waals surface area (Å²) in [5.74, 6) is 2.41. The van der Waals surface area contributed by atoms with Crippen LogP contribution in [0.15, 0.2) is 16.4 Å². The van der Waals surface area contributed by atoms with Gasteiger partial charge in [-0.05, 0) is 0 Å². The first-order chi connectivity index (χ1) is 10.6. The summed E-state index contributed by atoms with van der Waals surface area (Å²) in [5.41, 5.74) is -1.40. The number of aromatic nitrogens is 1. The van der Waals surface area contributed by atoms with Crippen molar-refractivity contribution in [3.05, 3.63) is 11.1 Å². The van der Waals surface area contributed by atoms with E-state index in [4.69, 9.17) is 11.2 Å². The second-order valence-electron chi connectivity index (χ2n) is 5.49. The van der Waals surface area contributed by atoms with Crippen LogP contribution >= 0.6 is 11.3 Å². The number of rotatable bonds is 7. The van der Waals surface area contributed by atoms with Crippen LogP contribution in [0.3, 0.4) is 0 Å². The minimum Gasteiger partial charge on any atom is -0.379 e. The molecule has 2 aliphatic heterocycles. The fraction of sp³-hybridized carbons (Fsp3) is 0.571. The van der Waals surface area contributed by atoms with Crippen molar-refractivity contribution in [1.29, 1.82) is 0 Å². The highest BCUT2D eigenvalue weighted by Crippen LogP contribution is 2.38. The Morgan fingerprint density at radius 2 is 2.27 bits per heavy atom. The van der Waals surface area contributed by atoms with Crippen LogP contribution in [0.5, 0.6) is 0 Å². The highest BCUT2D eigenvalue weighted by Gasteiger charge is 2.40. The summed E-state index contributed by atoms with van der Waals surface area (Å²) in [6.07, 6.45) is 8.94. The maximum absolute atomic E-state index is 11.9. The van der Waals surface area contributed by atoms with Crippen LogP contribution in [0.1, 0.15) is 30.6 Å². The number of ether oxygens (including phenoxy) is 1. The van der Waals surface area contributed by atoms with Crippen molar-refractivity contribution >= 4 is 22.4 Å². The molecule has 1 fully saturated rings. The van der Waals surface area contributed by atoms with E-state index in [-0.39, 0.29) is 19.1 Å². The second-order valence-corrected chi connectivity index (χ2v) is 6.52. The topological polar surface area (TPSA) is 96.2 Å². The minimum atomic E-state index is -0.953. The molecule has 2 aliphatic rings. The summed E-state index contributed by atoms with van der Waals surface area (Å²) in [7, 11) is 0. The summed E-state index contributed by atoms with van der Waals surface area (Å²) < 4.78 is 5.00. The molecule has 2 N–H and O–H groups in total. The van der Waals surface area contributed by atoms with Gasteiger partial charge in [-0.1, -0.05) is 11.3 Å². The van der Waals surface area contributed by atoms with E-state index in [9.17, 15) is 9.90 Å². The van der Waals surface area contributed by atoms with Crippen molar-refractivity contribution < 1.29 is 14.6 Å². The van der Waals surface area contributed by atoms with Gasteiger partial charge in [0, 0.05) is 31.9 Å². The lowest BCUT2D eigenvalue weighted by Crippen LogP contribution is -2.45. The molecule has 1 aromatic heterocycles. The molecule has 0 saturated carbocycles. The van der Waals surface area contributed by atoms with E-state index in [1.165, 1.54) is 11.3 Å². The SMILES string of the molecule is C#CCCC1(CCC(=O)Nc2ncc(C3(O)COC3)s2)N=N1. The Bertz CT molecular complexity index is 639. The van der Waals surface area contributed by atoms with E-state index < -0.39 is 11.3 Å². The molecule has 0 bridgehead atoms. The van der Waals surface area contributed by atoms with Gasteiger partial charge in [0.15, 0.2) is 10.8 Å². The van der Waals surface area contributed by atoms with E-state index in [0.717, 1.165) is 0 Å². The Morgan fingerprint density at radius 3 is 2.86 bits per heavy atom. The summed E-state index contributed by atoms with van der Waals surface area (Å²) in [5, 5.41) is 21.3. The van der Waals surface area contributed by atoms with Gasteiger partial charge in [-0.3, -0.25) is 4.79 Å². The van der Waals surface area contributed by atoms with Gasteiger partial charge in [-0.2, -0.15) is 10.2 Å². The van der Waals surface area contributed by atoms with Crippen molar-refractivity contribution in [1.82, 2.24) is 4.98 Å². The van der Waals surface area contributed by atoms with Crippen LogP contribution in [-0.2, 0) is 15.1 Å². The van der Waals surface area contributed by atoms with Gasteiger partial charge in [0.25, 0.3) is 0 Å². The summed E-state index contributed by atoms with van der Waals surface area (Å²) in [4.78, 5) is 16.8. The fourth-order valence-corrected chi connectivity index (χ4v) is 3.04. The lowest BCUT2D eigenvalue weighted by molar-refractivity contribution is -0.182. The molecular weight excluding hydrogens is 304 g/mol. The third-order valence-corrected chi connectivity index (χ3v) is 4.80. The molecule has 1 amide bonds. The predicted molar refractivity (Wildman–Crippen MR) is 80.3 cm³/mol. The Kier molecular flexibility index (Phi) is 3.95. The maximum atomic E-state index is 11.9. The molecule has 8 heteroatoms. The zero-order valence-corrected chi connectivity index (χ0v) is 12.7. The van der Waals surface area contributed by atoms with Crippen molar-refractivity contribution in [2.45, 2.75) is 36.9 Å². The van der Waals surface area contributed by atoms with Crippen LogP contribution < -0.4 is 5.32 Å². The van der Waals surface area contributed by atoms with Crippen LogP contribution in [0.25, 0.3) is 0 Å².